The second-order valence-corrected chi connectivity index (χ2v) is 5.80. The number of carbonyl (C=O) groups excluding carboxylic acids is 1. The lowest BCUT2D eigenvalue weighted by Gasteiger charge is -2.28. The standard InChI is InChI=1S/C14H26N2O3/c17-11-14(7-2-3-8-14)16-13(18)15-9-6-12-5-1-4-10-19-12/h12,17H,1-11H2,(H2,15,16,18). The van der Waals surface area contributed by atoms with Crippen LogP contribution in [0.4, 0.5) is 4.79 Å². The fraction of sp³-hybridized carbons (Fsp3) is 0.929. The molecule has 5 heteroatoms. The molecule has 3 N–H and O–H groups in total. The summed E-state index contributed by atoms with van der Waals surface area (Å²) in [7, 11) is 0. The van der Waals surface area contributed by atoms with Gasteiger partial charge in [0.05, 0.1) is 18.2 Å². The predicted molar refractivity (Wildman–Crippen MR) is 73.0 cm³/mol. The molecule has 2 fully saturated rings. The highest BCUT2D eigenvalue weighted by atomic mass is 16.5. The summed E-state index contributed by atoms with van der Waals surface area (Å²) in [5.74, 6) is 0. The van der Waals surface area contributed by atoms with Gasteiger partial charge >= 0.3 is 6.03 Å². The SMILES string of the molecule is O=C(NCCC1CCCCO1)NC1(CO)CCCC1. The van der Waals surface area contributed by atoms with Crippen LogP contribution in [0.3, 0.4) is 0 Å². The number of aliphatic hydroxyl groups is 1. The van der Waals surface area contributed by atoms with E-state index in [4.69, 9.17) is 4.74 Å². The minimum Gasteiger partial charge on any atom is -0.394 e. The highest BCUT2D eigenvalue weighted by Gasteiger charge is 2.34. The first-order valence-electron chi connectivity index (χ1n) is 7.53. The zero-order chi connectivity index (χ0) is 13.6. The highest BCUT2D eigenvalue weighted by molar-refractivity contribution is 5.74. The van der Waals surface area contributed by atoms with Crippen LogP contribution in [0, 0.1) is 0 Å². The third kappa shape index (κ3) is 4.35. The molecule has 1 unspecified atom stereocenters. The third-order valence-electron chi connectivity index (χ3n) is 4.27. The molecule has 1 aliphatic heterocycles. The average molecular weight is 270 g/mol. The Morgan fingerprint density at radius 1 is 1.26 bits per heavy atom. The molecule has 0 aromatic heterocycles. The van der Waals surface area contributed by atoms with E-state index in [1.807, 2.05) is 0 Å². The minimum absolute atomic E-state index is 0.0339. The van der Waals surface area contributed by atoms with Crippen LogP contribution in [0.2, 0.25) is 0 Å². The number of hydrogen-bond donors (Lipinski definition) is 3. The van der Waals surface area contributed by atoms with Crippen LogP contribution in [0.5, 0.6) is 0 Å². The molecule has 110 valence electrons. The summed E-state index contributed by atoms with van der Waals surface area (Å²) in [6, 6.07) is -0.160. The molecular weight excluding hydrogens is 244 g/mol. The number of amides is 2. The molecule has 0 bridgehead atoms. The first kappa shape index (κ1) is 14.6. The molecule has 0 aromatic carbocycles. The van der Waals surface area contributed by atoms with Gasteiger partial charge in [0.1, 0.15) is 0 Å². The van der Waals surface area contributed by atoms with Crippen molar-refractivity contribution in [3.63, 3.8) is 0 Å². The van der Waals surface area contributed by atoms with Crippen molar-refractivity contribution in [3.8, 4) is 0 Å². The number of urea groups is 1. The summed E-state index contributed by atoms with van der Waals surface area (Å²) in [6.07, 6.45) is 8.57. The average Bonchev–Trinajstić information content (AvgIpc) is 2.89. The Hall–Kier alpha value is -0.810. The van der Waals surface area contributed by atoms with Gasteiger partial charge in [-0.25, -0.2) is 4.79 Å². The van der Waals surface area contributed by atoms with Crippen molar-refractivity contribution in [1.82, 2.24) is 10.6 Å². The van der Waals surface area contributed by atoms with E-state index in [1.165, 1.54) is 6.42 Å². The van der Waals surface area contributed by atoms with Crippen LogP contribution >= 0.6 is 0 Å². The second-order valence-electron chi connectivity index (χ2n) is 5.80. The Balaban J connectivity index is 1.63. The lowest BCUT2D eigenvalue weighted by Crippen LogP contribution is -2.53. The Bertz CT molecular complexity index is 284. The van der Waals surface area contributed by atoms with Crippen LogP contribution < -0.4 is 10.6 Å². The number of nitrogens with one attached hydrogen (secondary N) is 2. The zero-order valence-electron chi connectivity index (χ0n) is 11.6. The number of ether oxygens (including phenoxy) is 1. The van der Waals surface area contributed by atoms with E-state index in [2.05, 4.69) is 10.6 Å². The van der Waals surface area contributed by atoms with Crippen LogP contribution in [-0.2, 0) is 4.74 Å². The molecule has 1 aliphatic carbocycles. The monoisotopic (exact) mass is 270 g/mol. The fourth-order valence-corrected chi connectivity index (χ4v) is 3.04. The van der Waals surface area contributed by atoms with Gasteiger partial charge in [-0.15, -0.1) is 0 Å². The van der Waals surface area contributed by atoms with E-state index in [0.29, 0.717) is 12.6 Å². The van der Waals surface area contributed by atoms with Gasteiger partial charge < -0.3 is 20.5 Å². The van der Waals surface area contributed by atoms with E-state index < -0.39 is 0 Å². The van der Waals surface area contributed by atoms with Crippen molar-refractivity contribution in [2.45, 2.75) is 63.0 Å². The smallest absolute Gasteiger partial charge is 0.315 e. The van der Waals surface area contributed by atoms with Crippen molar-refractivity contribution < 1.29 is 14.6 Å². The van der Waals surface area contributed by atoms with Gasteiger partial charge in [-0.1, -0.05) is 12.8 Å². The fourth-order valence-electron chi connectivity index (χ4n) is 3.04. The van der Waals surface area contributed by atoms with Gasteiger partial charge in [-0.05, 0) is 38.5 Å². The lowest BCUT2D eigenvalue weighted by molar-refractivity contribution is 0.0119. The third-order valence-corrected chi connectivity index (χ3v) is 4.27. The van der Waals surface area contributed by atoms with Gasteiger partial charge in [0, 0.05) is 13.2 Å². The van der Waals surface area contributed by atoms with Gasteiger partial charge in [-0.2, -0.15) is 0 Å². The van der Waals surface area contributed by atoms with E-state index in [1.54, 1.807) is 0 Å². The summed E-state index contributed by atoms with van der Waals surface area (Å²) in [4.78, 5) is 11.8. The summed E-state index contributed by atoms with van der Waals surface area (Å²) >= 11 is 0. The van der Waals surface area contributed by atoms with Gasteiger partial charge in [0.15, 0.2) is 0 Å². The van der Waals surface area contributed by atoms with E-state index in [0.717, 1.165) is 51.6 Å². The lowest BCUT2D eigenvalue weighted by atomic mass is 9.99. The van der Waals surface area contributed by atoms with Crippen molar-refractivity contribution >= 4 is 6.03 Å². The summed E-state index contributed by atoms with van der Waals surface area (Å²) in [5, 5.41) is 15.2. The Morgan fingerprint density at radius 3 is 2.68 bits per heavy atom. The topological polar surface area (TPSA) is 70.6 Å². The van der Waals surface area contributed by atoms with Gasteiger partial charge in [0.2, 0.25) is 0 Å². The van der Waals surface area contributed by atoms with Crippen molar-refractivity contribution in [3.05, 3.63) is 0 Å². The van der Waals surface area contributed by atoms with E-state index in [9.17, 15) is 9.90 Å². The summed E-state index contributed by atoms with van der Waals surface area (Å²) < 4.78 is 5.62. The molecule has 2 aliphatic rings. The Morgan fingerprint density at radius 2 is 2.05 bits per heavy atom. The van der Waals surface area contributed by atoms with E-state index in [-0.39, 0.29) is 18.2 Å². The summed E-state index contributed by atoms with van der Waals surface area (Å²) in [6.45, 7) is 1.52. The van der Waals surface area contributed by atoms with Gasteiger partial charge in [0.25, 0.3) is 0 Å². The number of aliphatic hydroxyl groups excluding tert-OH is 1. The quantitative estimate of drug-likeness (QED) is 0.710. The largest absolute Gasteiger partial charge is 0.394 e. The molecule has 0 aromatic rings. The molecule has 0 spiro atoms. The molecule has 2 rings (SSSR count). The highest BCUT2D eigenvalue weighted by Crippen LogP contribution is 2.28. The van der Waals surface area contributed by atoms with Crippen molar-refractivity contribution in [2.75, 3.05) is 19.8 Å². The maximum Gasteiger partial charge on any atom is 0.315 e. The van der Waals surface area contributed by atoms with Crippen LogP contribution in [0.1, 0.15) is 51.4 Å². The molecule has 19 heavy (non-hydrogen) atoms. The maximum absolute atomic E-state index is 11.8. The van der Waals surface area contributed by atoms with Crippen LogP contribution in [0.25, 0.3) is 0 Å². The van der Waals surface area contributed by atoms with Crippen molar-refractivity contribution in [2.24, 2.45) is 0 Å². The number of hydrogen-bond acceptors (Lipinski definition) is 3. The van der Waals surface area contributed by atoms with E-state index >= 15 is 0 Å². The molecule has 1 saturated heterocycles. The number of carbonyl (C=O) groups is 1. The maximum atomic E-state index is 11.8. The summed E-state index contributed by atoms with van der Waals surface area (Å²) in [5.41, 5.74) is -0.384. The molecule has 1 atom stereocenters. The normalized spacial score (nSPS) is 26.1. The van der Waals surface area contributed by atoms with Gasteiger partial charge in [-0.3, -0.25) is 0 Å². The molecular formula is C14H26N2O3. The molecule has 0 radical (unpaired) electrons. The molecule has 2 amide bonds. The number of rotatable bonds is 5. The van der Waals surface area contributed by atoms with Crippen LogP contribution in [-0.4, -0.2) is 42.5 Å². The molecule has 1 heterocycles. The van der Waals surface area contributed by atoms with Crippen molar-refractivity contribution in [1.29, 1.82) is 0 Å². The minimum atomic E-state index is -0.384. The predicted octanol–water partition coefficient (Wildman–Crippen LogP) is 1.55. The Labute approximate surface area is 115 Å². The van der Waals surface area contributed by atoms with Crippen LogP contribution in [0.15, 0.2) is 0 Å². The zero-order valence-corrected chi connectivity index (χ0v) is 11.6. The first-order valence-corrected chi connectivity index (χ1v) is 7.53. The second kappa shape index (κ2) is 7.10. The first-order chi connectivity index (χ1) is 9.24. The Kier molecular flexibility index (Phi) is 5.45. The molecule has 1 saturated carbocycles. The molecule has 5 nitrogen and oxygen atoms in total.